The second-order valence-corrected chi connectivity index (χ2v) is 6.69. The number of ether oxygens (including phenoxy) is 1. The first kappa shape index (κ1) is 17.5. The normalized spacial score (nSPS) is 19.0. The molecule has 2 rings (SSSR count). The zero-order chi connectivity index (χ0) is 17.3. The van der Waals surface area contributed by atoms with Crippen molar-refractivity contribution in [3.8, 4) is 0 Å². The molecule has 1 aromatic heterocycles. The van der Waals surface area contributed by atoms with Crippen LogP contribution in [0.5, 0.6) is 0 Å². The first-order valence-corrected chi connectivity index (χ1v) is 7.42. The summed E-state index contributed by atoms with van der Waals surface area (Å²) in [5.41, 5.74) is -1.05. The maximum Gasteiger partial charge on any atom is 0.435 e. The van der Waals surface area contributed by atoms with E-state index in [1.54, 1.807) is 25.7 Å². The third-order valence-corrected chi connectivity index (χ3v) is 3.45. The second-order valence-electron chi connectivity index (χ2n) is 6.69. The number of nitrogens with zero attached hydrogens (tertiary/aromatic N) is 3. The molecule has 1 aliphatic heterocycles. The average Bonchev–Trinajstić information content (AvgIpc) is 2.85. The molecule has 0 saturated carbocycles. The fraction of sp³-hybridized carbons (Fsp3) is 0.667. The summed E-state index contributed by atoms with van der Waals surface area (Å²) < 4.78 is 42.6. The minimum atomic E-state index is -4.48. The lowest BCUT2D eigenvalue weighted by Gasteiger charge is -2.24. The molecule has 2 heterocycles. The second kappa shape index (κ2) is 6.33. The summed E-state index contributed by atoms with van der Waals surface area (Å²) in [6.07, 6.45) is -3.59. The molecule has 23 heavy (non-hydrogen) atoms. The molecule has 0 aliphatic carbocycles. The fourth-order valence-corrected chi connectivity index (χ4v) is 2.41. The molecule has 1 atom stereocenters. The van der Waals surface area contributed by atoms with Gasteiger partial charge in [-0.05, 0) is 51.7 Å². The lowest BCUT2D eigenvalue weighted by atomic mass is 10.0. The number of alkyl halides is 3. The molecule has 128 valence electrons. The Labute approximate surface area is 132 Å². The van der Waals surface area contributed by atoms with E-state index >= 15 is 0 Å². The third kappa shape index (κ3) is 5.07. The molecule has 0 radical (unpaired) electrons. The van der Waals surface area contributed by atoms with E-state index in [9.17, 15) is 18.0 Å². The van der Waals surface area contributed by atoms with Crippen LogP contribution in [-0.4, -0.2) is 39.9 Å². The molecule has 1 fully saturated rings. The number of carbonyl (C=O) groups excluding carboxylic acids is 1. The van der Waals surface area contributed by atoms with Gasteiger partial charge in [0.1, 0.15) is 5.60 Å². The largest absolute Gasteiger partial charge is 0.444 e. The van der Waals surface area contributed by atoms with Gasteiger partial charge in [0.05, 0.1) is 5.69 Å². The molecule has 0 aromatic carbocycles. The fourth-order valence-electron chi connectivity index (χ4n) is 2.41. The van der Waals surface area contributed by atoms with Crippen LogP contribution in [0.1, 0.15) is 38.6 Å². The SMILES string of the molecule is CC(C)(C)OC(=O)N1CCC(Cc2ccc(C(F)(F)F)nn2)C1. The number of likely N-dealkylation sites (tertiary alicyclic amines) is 1. The van der Waals surface area contributed by atoms with Crippen molar-refractivity contribution in [1.82, 2.24) is 15.1 Å². The van der Waals surface area contributed by atoms with Crippen molar-refractivity contribution in [2.45, 2.75) is 45.4 Å². The number of carbonyl (C=O) groups is 1. The molecule has 1 saturated heterocycles. The lowest BCUT2D eigenvalue weighted by molar-refractivity contribution is -0.141. The van der Waals surface area contributed by atoms with Gasteiger partial charge in [0.25, 0.3) is 0 Å². The van der Waals surface area contributed by atoms with Crippen LogP contribution in [0.15, 0.2) is 12.1 Å². The number of hydrogen-bond donors (Lipinski definition) is 0. The van der Waals surface area contributed by atoms with Crippen molar-refractivity contribution >= 4 is 6.09 Å². The van der Waals surface area contributed by atoms with Crippen molar-refractivity contribution in [1.29, 1.82) is 0 Å². The highest BCUT2D eigenvalue weighted by atomic mass is 19.4. The highest BCUT2D eigenvalue weighted by molar-refractivity contribution is 5.68. The predicted octanol–water partition coefficient (Wildman–Crippen LogP) is 3.29. The summed E-state index contributed by atoms with van der Waals surface area (Å²) in [7, 11) is 0. The average molecular weight is 331 g/mol. The van der Waals surface area contributed by atoms with E-state index in [1.165, 1.54) is 6.07 Å². The predicted molar refractivity (Wildman–Crippen MR) is 76.7 cm³/mol. The molecule has 0 N–H and O–H groups in total. The Bertz CT molecular complexity index is 553. The Morgan fingerprint density at radius 3 is 2.52 bits per heavy atom. The molecule has 5 nitrogen and oxygen atoms in total. The van der Waals surface area contributed by atoms with Gasteiger partial charge < -0.3 is 9.64 Å². The monoisotopic (exact) mass is 331 g/mol. The van der Waals surface area contributed by atoms with Crippen molar-refractivity contribution in [2.24, 2.45) is 5.92 Å². The Balaban J connectivity index is 1.89. The van der Waals surface area contributed by atoms with E-state index in [4.69, 9.17) is 4.74 Å². The van der Waals surface area contributed by atoms with Crippen LogP contribution in [0.2, 0.25) is 0 Å². The molecule has 1 aromatic rings. The van der Waals surface area contributed by atoms with Gasteiger partial charge in [0, 0.05) is 13.1 Å². The van der Waals surface area contributed by atoms with Crippen molar-refractivity contribution in [3.05, 3.63) is 23.5 Å². The number of aromatic nitrogens is 2. The Morgan fingerprint density at radius 1 is 1.30 bits per heavy atom. The van der Waals surface area contributed by atoms with Crippen molar-refractivity contribution in [3.63, 3.8) is 0 Å². The van der Waals surface area contributed by atoms with Crippen LogP contribution < -0.4 is 0 Å². The summed E-state index contributed by atoms with van der Waals surface area (Å²) in [4.78, 5) is 13.6. The van der Waals surface area contributed by atoms with E-state index in [1.807, 2.05) is 0 Å². The van der Waals surface area contributed by atoms with Crippen LogP contribution in [-0.2, 0) is 17.3 Å². The molecular formula is C15H20F3N3O2. The van der Waals surface area contributed by atoms with E-state index < -0.39 is 17.5 Å². The Hall–Kier alpha value is -1.86. The van der Waals surface area contributed by atoms with E-state index in [0.29, 0.717) is 25.2 Å². The summed E-state index contributed by atoms with van der Waals surface area (Å²) in [5, 5.41) is 6.85. The molecule has 1 aliphatic rings. The van der Waals surface area contributed by atoms with Crippen molar-refractivity contribution in [2.75, 3.05) is 13.1 Å². The van der Waals surface area contributed by atoms with Crippen LogP contribution in [0, 0.1) is 5.92 Å². The van der Waals surface area contributed by atoms with Gasteiger partial charge in [-0.3, -0.25) is 0 Å². The first-order valence-electron chi connectivity index (χ1n) is 7.42. The third-order valence-electron chi connectivity index (χ3n) is 3.45. The van der Waals surface area contributed by atoms with Gasteiger partial charge in [-0.25, -0.2) is 4.79 Å². The standard InChI is InChI=1S/C15H20F3N3O2/c1-14(2,3)23-13(22)21-7-6-10(9-21)8-11-4-5-12(20-19-11)15(16,17)18/h4-5,10H,6-9H2,1-3H3. The van der Waals surface area contributed by atoms with Crippen LogP contribution >= 0.6 is 0 Å². The molecule has 8 heteroatoms. The lowest BCUT2D eigenvalue weighted by Crippen LogP contribution is -2.35. The maximum atomic E-state index is 12.4. The molecule has 0 bridgehead atoms. The zero-order valence-electron chi connectivity index (χ0n) is 13.4. The first-order chi connectivity index (χ1) is 10.5. The number of hydrogen-bond acceptors (Lipinski definition) is 4. The molecule has 1 unspecified atom stereocenters. The summed E-state index contributed by atoms with van der Waals surface area (Å²) in [5.74, 6) is 0.147. The van der Waals surface area contributed by atoms with Gasteiger partial charge in [0.15, 0.2) is 5.69 Å². The molecule has 0 spiro atoms. The summed E-state index contributed by atoms with van der Waals surface area (Å²) >= 11 is 0. The highest BCUT2D eigenvalue weighted by Crippen LogP contribution is 2.27. The van der Waals surface area contributed by atoms with Crippen LogP contribution in [0.4, 0.5) is 18.0 Å². The van der Waals surface area contributed by atoms with Gasteiger partial charge in [-0.15, -0.1) is 5.10 Å². The zero-order valence-corrected chi connectivity index (χ0v) is 13.4. The van der Waals surface area contributed by atoms with Crippen LogP contribution in [0.25, 0.3) is 0 Å². The van der Waals surface area contributed by atoms with Crippen molar-refractivity contribution < 1.29 is 22.7 Å². The Kier molecular flexibility index (Phi) is 4.81. The quantitative estimate of drug-likeness (QED) is 0.834. The van der Waals surface area contributed by atoms with Gasteiger partial charge in [0.2, 0.25) is 0 Å². The molecule has 1 amide bonds. The van der Waals surface area contributed by atoms with Gasteiger partial charge in [-0.1, -0.05) is 0 Å². The molecular weight excluding hydrogens is 311 g/mol. The minimum Gasteiger partial charge on any atom is -0.444 e. The van der Waals surface area contributed by atoms with E-state index in [-0.39, 0.29) is 12.0 Å². The number of rotatable bonds is 2. The number of amides is 1. The maximum absolute atomic E-state index is 12.4. The minimum absolute atomic E-state index is 0.147. The van der Waals surface area contributed by atoms with Crippen LogP contribution in [0.3, 0.4) is 0 Å². The Morgan fingerprint density at radius 2 is 2.00 bits per heavy atom. The van der Waals surface area contributed by atoms with Gasteiger partial charge in [-0.2, -0.15) is 18.3 Å². The smallest absolute Gasteiger partial charge is 0.435 e. The summed E-state index contributed by atoms with van der Waals surface area (Å²) in [6, 6.07) is 2.27. The topological polar surface area (TPSA) is 55.3 Å². The van der Waals surface area contributed by atoms with E-state index in [2.05, 4.69) is 10.2 Å². The van der Waals surface area contributed by atoms with E-state index in [0.717, 1.165) is 12.5 Å². The highest BCUT2D eigenvalue weighted by Gasteiger charge is 2.33. The number of halogens is 3. The van der Waals surface area contributed by atoms with Gasteiger partial charge >= 0.3 is 12.3 Å². The summed E-state index contributed by atoms with van der Waals surface area (Å²) in [6.45, 7) is 6.49.